The third-order valence-electron chi connectivity index (χ3n) is 5.25. The van der Waals surface area contributed by atoms with Crippen molar-refractivity contribution in [1.29, 1.82) is 0 Å². The highest BCUT2D eigenvalue weighted by molar-refractivity contribution is 5.76. The molecule has 2 aliphatic heterocycles. The van der Waals surface area contributed by atoms with E-state index in [4.69, 9.17) is 9.47 Å². The monoisotopic (exact) mass is 296 g/mol. The van der Waals surface area contributed by atoms with Crippen molar-refractivity contribution in [2.75, 3.05) is 0 Å². The zero-order chi connectivity index (χ0) is 15.7. The first-order valence-corrected chi connectivity index (χ1v) is 8.05. The van der Waals surface area contributed by atoms with Crippen molar-refractivity contribution in [3.63, 3.8) is 0 Å². The van der Waals surface area contributed by atoms with Crippen LogP contribution in [0.2, 0.25) is 0 Å². The minimum atomic E-state index is -0.950. The Kier molecular flexibility index (Phi) is 3.24. The number of hydrogen-bond donors (Lipinski definition) is 1. The topological polar surface area (TPSA) is 55.8 Å². The number of hydrogen-bond acceptors (Lipinski definition) is 4. The van der Waals surface area contributed by atoms with Gasteiger partial charge in [-0.25, -0.2) is 0 Å². The van der Waals surface area contributed by atoms with E-state index in [0.29, 0.717) is 5.92 Å². The summed E-state index contributed by atoms with van der Waals surface area (Å²) >= 11 is 0. The van der Waals surface area contributed by atoms with Gasteiger partial charge in [0.2, 0.25) is 6.29 Å². The highest BCUT2D eigenvalue weighted by atomic mass is 16.6. The van der Waals surface area contributed by atoms with Gasteiger partial charge in [0.25, 0.3) is 0 Å². The van der Waals surface area contributed by atoms with Gasteiger partial charge in [-0.1, -0.05) is 41.5 Å². The van der Waals surface area contributed by atoms with E-state index in [-0.39, 0.29) is 46.8 Å². The van der Waals surface area contributed by atoms with Crippen LogP contribution < -0.4 is 0 Å². The minimum absolute atomic E-state index is 0.0853. The Morgan fingerprint density at radius 2 is 1.71 bits per heavy atom. The smallest absolute Gasteiger partial charge is 0.314 e. The molecule has 0 aromatic heterocycles. The number of ether oxygens (including phenoxy) is 2. The van der Waals surface area contributed by atoms with Gasteiger partial charge in [-0.05, 0) is 23.2 Å². The van der Waals surface area contributed by atoms with Gasteiger partial charge < -0.3 is 14.6 Å². The summed E-state index contributed by atoms with van der Waals surface area (Å²) in [4.78, 5) is 12.2. The zero-order valence-electron chi connectivity index (χ0n) is 13.9. The number of carbonyl (C=O) groups is 1. The van der Waals surface area contributed by atoms with E-state index in [1.807, 2.05) is 0 Å². The summed E-state index contributed by atoms with van der Waals surface area (Å²) in [6.07, 6.45) is -0.0968. The van der Waals surface area contributed by atoms with Gasteiger partial charge in [-0.15, -0.1) is 0 Å². The van der Waals surface area contributed by atoms with E-state index in [0.717, 1.165) is 6.42 Å². The molecule has 120 valence electrons. The third kappa shape index (κ3) is 2.50. The van der Waals surface area contributed by atoms with Crippen molar-refractivity contribution in [3.8, 4) is 0 Å². The maximum atomic E-state index is 12.2. The van der Waals surface area contributed by atoms with Crippen LogP contribution in [0.4, 0.5) is 0 Å². The first-order valence-electron chi connectivity index (χ1n) is 8.05. The summed E-state index contributed by atoms with van der Waals surface area (Å²) in [5, 5.41) is 10.2. The van der Waals surface area contributed by atoms with Crippen molar-refractivity contribution in [2.24, 2.45) is 34.5 Å². The number of cyclic esters (lactones) is 1. The molecule has 3 aliphatic rings. The van der Waals surface area contributed by atoms with E-state index in [2.05, 4.69) is 41.5 Å². The van der Waals surface area contributed by atoms with Crippen LogP contribution in [0.3, 0.4) is 0 Å². The van der Waals surface area contributed by atoms with Crippen LogP contribution in [-0.2, 0) is 14.3 Å². The summed E-state index contributed by atoms with van der Waals surface area (Å²) in [5.41, 5.74) is 0.212. The van der Waals surface area contributed by atoms with E-state index in [9.17, 15) is 9.90 Å². The summed E-state index contributed by atoms with van der Waals surface area (Å²) in [5.74, 6) is -0.00723. The second kappa shape index (κ2) is 4.45. The molecule has 0 radical (unpaired) electrons. The zero-order valence-corrected chi connectivity index (χ0v) is 13.9. The largest absolute Gasteiger partial charge is 0.435 e. The Hall–Kier alpha value is -0.610. The fourth-order valence-electron chi connectivity index (χ4n) is 4.51. The lowest BCUT2D eigenvalue weighted by atomic mass is 9.76. The van der Waals surface area contributed by atoms with Gasteiger partial charge in [0.05, 0.1) is 18.1 Å². The Bertz CT molecular complexity index is 445. The van der Waals surface area contributed by atoms with Crippen LogP contribution in [0.5, 0.6) is 0 Å². The standard InChI is InChI=1S/C17H28O4/c1-16(2,3)7-8-9-10(15(19)21-14(9)18)11-12(13(11)20-8)17(4,5)6/h8-13,15,19H,7H2,1-6H3. The Morgan fingerprint density at radius 3 is 2.24 bits per heavy atom. The maximum Gasteiger partial charge on any atom is 0.314 e. The normalized spacial score (nSPS) is 45.9. The number of fused-ring (bicyclic) bond motifs is 3. The average molecular weight is 296 g/mol. The van der Waals surface area contributed by atoms with E-state index in [1.165, 1.54) is 0 Å². The van der Waals surface area contributed by atoms with Crippen molar-refractivity contribution >= 4 is 5.97 Å². The SMILES string of the molecule is CC(C)(C)CC1OC2C(C3C(O)OC(=O)C13)C2C(C)(C)C. The number of aliphatic hydroxyl groups is 1. The molecule has 2 saturated heterocycles. The number of rotatable bonds is 1. The first kappa shape index (κ1) is 15.3. The molecule has 4 nitrogen and oxygen atoms in total. The molecule has 1 aliphatic carbocycles. The summed E-state index contributed by atoms with van der Waals surface area (Å²) in [7, 11) is 0. The van der Waals surface area contributed by atoms with Gasteiger partial charge in [-0.2, -0.15) is 0 Å². The van der Waals surface area contributed by atoms with Crippen LogP contribution in [0.25, 0.3) is 0 Å². The number of esters is 1. The van der Waals surface area contributed by atoms with Crippen LogP contribution in [0.15, 0.2) is 0 Å². The molecule has 1 N–H and O–H groups in total. The number of carbonyl (C=O) groups excluding carboxylic acids is 1. The lowest BCUT2D eigenvalue weighted by Gasteiger charge is -2.34. The van der Waals surface area contributed by atoms with E-state index in [1.54, 1.807) is 0 Å². The van der Waals surface area contributed by atoms with Crippen LogP contribution >= 0.6 is 0 Å². The van der Waals surface area contributed by atoms with Gasteiger partial charge >= 0.3 is 5.97 Å². The Balaban J connectivity index is 1.88. The third-order valence-corrected chi connectivity index (χ3v) is 5.25. The summed E-state index contributed by atoms with van der Waals surface area (Å²) < 4.78 is 11.4. The Morgan fingerprint density at radius 1 is 1.10 bits per heavy atom. The second-order valence-corrected chi connectivity index (χ2v) is 9.30. The molecule has 3 rings (SSSR count). The fourth-order valence-corrected chi connectivity index (χ4v) is 4.51. The van der Waals surface area contributed by atoms with Crippen molar-refractivity contribution in [1.82, 2.24) is 0 Å². The van der Waals surface area contributed by atoms with Crippen molar-refractivity contribution in [3.05, 3.63) is 0 Å². The molecule has 4 heteroatoms. The van der Waals surface area contributed by atoms with Crippen molar-refractivity contribution < 1.29 is 19.4 Å². The molecule has 0 aromatic carbocycles. The van der Waals surface area contributed by atoms with Gasteiger partial charge in [0, 0.05) is 11.8 Å². The summed E-state index contributed by atoms with van der Waals surface area (Å²) in [6, 6.07) is 0. The first-order chi connectivity index (χ1) is 9.50. The Labute approximate surface area is 127 Å². The molecular formula is C17H28O4. The lowest BCUT2D eigenvalue weighted by molar-refractivity contribution is -0.158. The second-order valence-electron chi connectivity index (χ2n) is 9.30. The molecule has 0 aromatic rings. The molecule has 0 spiro atoms. The van der Waals surface area contributed by atoms with Crippen LogP contribution in [-0.4, -0.2) is 29.6 Å². The van der Waals surface area contributed by atoms with E-state index < -0.39 is 6.29 Å². The molecule has 0 amide bonds. The van der Waals surface area contributed by atoms with Gasteiger partial charge in [0.15, 0.2) is 0 Å². The summed E-state index contributed by atoms with van der Waals surface area (Å²) in [6.45, 7) is 13.1. The highest BCUT2D eigenvalue weighted by Gasteiger charge is 2.70. The quantitative estimate of drug-likeness (QED) is 0.756. The van der Waals surface area contributed by atoms with Gasteiger partial charge in [-0.3, -0.25) is 4.79 Å². The molecule has 0 bridgehead atoms. The molecule has 1 saturated carbocycles. The number of aliphatic hydroxyl groups excluding tert-OH is 1. The van der Waals surface area contributed by atoms with Crippen molar-refractivity contribution in [2.45, 2.75) is 66.5 Å². The predicted molar refractivity (Wildman–Crippen MR) is 78.2 cm³/mol. The molecule has 3 fully saturated rings. The fraction of sp³-hybridized carbons (Fsp3) is 0.941. The maximum absolute atomic E-state index is 12.2. The minimum Gasteiger partial charge on any atom is -0.435 e. The highest BCUT2D eigenvalue weighted by Crippen LogP contribution is 2.64. The van der Waals surface area contributed by atoms with Gasteiger partial charge in [0.1, 0.15) is 0 Å². The molecule has 21 heavy (non-hydrogen) atoms. The molecule has 7 atom stereocenters. The molecule has 2 heterocycles. The van der Waals surface area contributed by atoms with E-state index >= 15 is 0 Å². The average Bonchev–Trinajstić information content (AvgIpc) is 2.90. The lowest BCUT2D eigenvalue weighted by Crippen LogP contribution is -2.41. The molecular weight excluding hydrogens is 268 g/mol. The van der Waals surface area contributed by atoms with Crippen LogP contribution in [0, 0.1) is 34.5 Å². The molecule has 7 unspecified atom stereocenters. The van der Waals surface area contributed by atoms with Crippen LogP contribution in [0.1, 0.15) is 48.0 Å². The predicted octanol–water partition coefficient (Wildman–Crippen LogP) is 2.59.